The zero-order valence-corrected chi connectivity index (χ0v) is 11.3. The van der Waals surface area contributed by atoms with E-state index >= 15 is 0 Å². The summed E-state index contributed by atoms with van der Waals surface area (Å²) in [5, 5.41) is 17.3. The maximum atomic E-state index is 10.9. The minimum atomic E-state index is -0.921. The summed E-state index contributed by atoms with van der Waals surface area (Å²) in [7, 11) is 0. The predicted molar refractivity (Wildman–Crippen MR) is 71.3 cm³/mol. The molecular weight excluding hydrogens is 264 g/mol. The molecular formula is C13H14N2O3S. The largest absolute Gasteiger partial charge is 0.478 e. The summed E-state index contributed by atoms with van der Waals surface area (Å²) in [6.45, 7) is 2.05. The number of carboxylic acids is 1. The van der Waals surface area contributed by atoms with E-state index in [2.05, 4.69) is 17.1 Å². The van der Waals surface area contributed by atoms with Crippen molar-refractivity contribution >= 4 is 17.7 Å². The fourth-order valence-corrected chi connectivity index (χ4v) is 2.27. The molecule has 1 N–H and O–H groups in total. The van der Waals surface area contributed by atoms with Crippen LogP contribution >= 0.6 is 11.8 Å². The molecule has 0 fully saturated rings. The maximum absolute atomic E-state index is 10.9. The number of aryl methyl sites for hydroxylation is 1. The van der Waals surface area contributed by atoms with E-state index < -0.39 is 5.97 Å². The van der Waals surface area contributed by atoms with Crippen molar-refractivity contribution in [3.63, 3.8) is 0 Å². The molecule has 0 aliphatic rings. The molecule has 2 aromatic rings. The molecule has 0 aliphatic carbocycles. The topological polar surface area (TPSA) is 76.2 Å². The molecule has 0 saturated heterocycles. The highest BCUT2D eigenvalue weighted by molar-refractivity contribution is 7.98. The van der Waals surface area contributed by atoms with E-state index in [4.69, 9.17) is 9.52 Å². The molecule has 6 heteroatoms. The van der Waals surface area contributed by atoms with Crippen molar-refractivity contribution in [2.45, 2.75) is 30.7 Å². The third kappa shape index (κ3) is 3.82. The molecule has 0 spiro atoms. The van der Waals surface area contributed by atoms with Crippen molar-refractivity contribution in [1.82, 2.24) is 10.2 Å². The molecule has 0 bridgehead atoms. The number of aromatic nitrogens is 2. The number of hydrogen-bond acceptors (Lipinski definition) is 5. The lowest BCUT2D eigenvalue weighted by Crippen LogP contribution is -1.96. The number of rotatable bonds is 6. The molecule has 0 atom stereocenters. The number of nitrogens with zero attached hydrogens (tertiary/aromatic N) is 2. The molecule has 19 heavy (non-hydrogen) atoms. The maximum Gasteiger partial charge on any atom is 0.335 e. The SMILES string of the molecule is CCCc1nnc(SCc2cccc(C(=O)O)c2)o1. The van der Waals surface area contributed by atoms with Crippen molar-refractivity contribution in [1.29, 1.82) is 0 Å². The monoisotopic (exact) mass is 278 g/mol. The summed E-state index contributed by atoms with van der Waals surface area (Å²) in [4.78, 5) is 10.9. The number of thioether (sulfide) groups is 1. The summed E-state index contributed by atoms with van der Waals surface area (Å²) in [5.74, 6) is 0.327. The Morgan fingerprint density at radius 3 is 3.00 bits per heavy atom. The fraction of sp³-hybridized carbons (Fsp3) is 0.308. The first-order chi connectivity index (χ1) is 9.19. The Bertz CT molecular complexity index is 569. The first-order valence-corrected chi connectivity index (χ1v) is 6.95. The second-order valence-corrected chi connectivity index (χ2v) is 4.93. The Labute approximate surface area is 115 Å². The van der Waals surface area contributed by atoms with Crippen LogP contribution in [0.1, 0.15) is 35.2 Å². The molecule has 0 radical (unpaired) electrons. The Balaban J connectivity index is 1.97. The average Bonchev–Trinajstić information content (AvgIpc) is 2.85. The van der Waals surface area contributed by atoms with Gasteiger partial charge in [-0.25, -0.2) is 4.79 Å². The van der Waals surface area contributed by atoms with Crippen LogP contribution in [0, 0.1) is 0 Å². The minimum Gasteiger partial charge on any atom is -0.478 e. The van der Waals surface area contributed by atoms with Gasteiger partial charge in [0.1, 0.15) is 0 Å². The first-order valence-electron chi connectivity index (χ1n) is 5.96. The normalized spacial score (nSPS) is 10.6. The lowest BCUT2D eigenvalue weighted by atomic mass is 10.1. The van der Waals surface area contributed by atoms with Crippen molar-refractivity contribution in [3.05, 3.63) is 41.3 Å². The van der Waals surface area contributed by atoms with Crippen molar-refractivity contribution in [2.75, 3.05) is 0 Å². The van der Waals surface area contributed by atoms with Gasteiger partial charge in [0.15, 0.2) is 0 Å². The van der Waals surface area contributed by atoms with E-state index in [0.29, 0.717) is 16.9 Å². The molecule has 5 nitrogen and oxygen atoms in total. The Morgan fingerprint density at radius 1 is 1.42 bits per heavy atom. The lowest BCUT2D eigenvalue weighted by Gasteiger charge is -2.00. The highest BCUT2D eigenvalue weighted by Gasteiger charge is 2.07. The van der Waals surface area contributed by atoms with Gasteiger partial charge in [0.25, 0.3) is 5.22 Å². The van der Waals surface area contributed by atoms with Gasteiger partial charge in [-0.3, -0.25) is 0 Å². The molecule has 1 heterocycles. The van der Waals surface area contributed by atoms with Gasteiger partial charge < -0.3 is 9.52 Å². The van der Waals surface area contributed by atoms with E-state index in [-0.39, 0.29) is 5.56 Å². The molecule has 2 rings (SSSR count). The van der Waals surface area contributed by atoms with Gasteiger partial charge in [-0.05, 0) is 24.1 Å². The summed E-state index contributed by atoms with van der Waals surface area (Å²) < 4.78 is 5.45. The van der Waals surface area contributed by atoms with Gasteiger partial charge in [0.05, 0.1) is 5.56 Å². The molecule has 1 aromatic carbocycles. The van der Waals surface area contributed by atoms with E-state index in [9.17, 15) is 4.79 Å². The van der Waals surface area contributed by atoms with E-state index in [0.717, 1.165) is 18.4 Å². The molecule has 0 unspecified atom stereocenters. The summed E-state index contributed by atoms with van der Waals surface area (Å²) in [5.41, 5.74) is 1.20. The van der Waals surface area contributed by atoms with Crippen LogP contribution in [-0.2, 0) is 12.2 Å². The zero-order chi connectivity index (χ0) is 13.7. The van der Waals surface area contributed by atoms with Gasteiger partial charge in [-0.1, -0.05) is 30.8 Å². The Morgan fingerprint density at radius 2 is 2.26 bits per heavy atom. The molecule has 0 saturated carbocycles. The molecule has 1 aromatic heterocycles. The van der Waals surface area contributed by atoms with Gasteiger partial charge in [-0.15, -0.1) is 10.2 Å². The van der Waals surface area contributed by atoms with Crippen LogP contribution in [-0.4, -0.2) is 21.3 Å². The van der Waals surface area contributed by atoms with Gasteiger partial charge in [-0.2, -0.15) is 0 Å². The van der Waals surface area contributed by atoms with Crippen LogP contribution in [0.4, 0.5) is 0 Å². The van der Waals surface area contributed by atoms with Crippen LogP contribution < -0.4 is 0 Å². The van der Waals surface area contributed by atoms with Gasteiger partial charge >= 0.3 is 5.97 Å². The van der Waals surface area contributed by atoms with Crippen LogP contribution in [0.15, 0.2) is 33.9 Å². The number of benzene rings is 1. The standard InChI is InChI=1S/C13H14N2O3S/c1-2-4-11-14-15-13(18-11)19-8-9-5-3-6-10(7-9)12(16)17/h3,5-7H,2,4,8H2,1H3,(H,16,17). The molecule has 0 aliphatic heterocycles. The average molecular weight is 278 g/mol. The summed E-state index contributed by atoms with van der Waals surface area (Å²) in [6, 6.07) is 6.83. The number of aromatic carboxylic acids is 1. The molecule has 0 amide bonds. The summed E-state index contributed by atoms with van der Waals surface area (Å²) in [6.07, 6.45) is 1.75. The van der Waals surface area contributed by atoms with E-state index in [1.165, 1.54) is 11.8 Å². The second-order valence-electron chi connectivity index (χ2n) is 4.01. The van der Waals surface area contributed by atoms with Crippen LogP contribution in [0.2, 0.25) is 0 Å². The number of carboxylic acid groups (broad SMARTS) is 1. The van der Waals surface area contributed by atoms with E-state index in [1.54, 1.807) is 18.2 Å². The minimum absolute atomic E-state index is 0.287. The van der Waals surface area contributed by atoms with Crippen molar-refractivity contribution in [3.8, 4) is 0 Å². The lowest BCUT2D eigenvalue weighted by molar-refractivity contribution is 0.0697. The number of carbonyl (C=O) groups is 1. The fourth-order valence-electron chi connectivity index (χ4n) is 1.55. The number of hydrogen-bond donors (Lipinski definition) is 1. The molecule has 100 valence electrons. The first kappa shape index (κ1) is 13.6. The summed E-state index contributed by atoms with van der Waals surface area (Å²) >= 11 is 1.41. The van der Waals surface area contributed by atoms with Crippen LogP contribution in [0.3, 0.4) is 0 Å². The highest BCUT2D eigenvalue weighted by Crippen LogP contribution is 2.22. The third-order valence-corrected chi connectivity index (χ3v) is 3.34. The Kier molecular flexibility index (Phi) is 4.57. The third-order valence-electron chi connectivity index (χ3n) is 2.45. The quantitative estimate of drug-likeness (QED) is 0.818. The highest BCUT2D eigenvalue weighted by atomic mass is 32.2. The zero-order valence-electron chi connectivity index (χ0n) is 10.5. The van der Waals surface area contributed by atoms with Gasteiger partial charge in [0, 0.05) is 12.2 Å². The second kappa shape index (κ2) is 6.38. The van der Waals surface area contributed by atoms with E-state index in [1.807, 2.05) is 6.07 Å². The van der Waals surface area contributed by atoms with Crippen molar-refractivity contribution in [2.24, 2.45) is 0 Å². The van der Waals surface area contributed by atoms with Gasteiger partial charge in [0.2, 0.25) is 5.89 Å². The van der Waals surface area contributed by atoms with Crippen LogP contribution in [0.5, 0.6) is 0 Å². The van der Waals surface area contributed by atoms with Crippen molar-refractivity contribution < 1.29 is 14.3 Å². The smallest absolute Gasteiger partial charge is 0.335 e. The Hall–Kier alpha value is -1.82. The predicted octanol–water partition coefficient (Wildman–Crippen LogP) is 3.01. The van der Waals surface area contributed by atoms with Crippen LogP contribution in [0.25, 0.3) is 0 Å².